The van der Waals surface area contributed by atoms with E-state index in [1.165, 1.54) is 96.3 Å². The van der Waals surface area contributed by atoms with Gasteiger partial charge in [0.2, 0.25) is 0 Å². The van der Waals surface area contributed by atoms with Crippen molar-refractivity contribution in [2.75, 3.05) is 12.4 Å². The molecule has 4 nitrogen and oxygen atoms in total. The van der Waals surface area contributed by atoms with Crippen LogP contribution in [0.1, 0.15) is 121 Å². The van der Waals surface area contributed by atoms with Crippen molar-refractivity contribution in [3.8, 4) is 0 Å². The summed E-state index contributed by atoms with van der Waals surface area (Å²) in [4.78, 5) is 10.9. The van der Waals surface area contributed by atoms with Crippen molar-refractivity contribution in [1.82, 2.24) is 0 Å². The van der Waals surface area contributed by atoms with E-state index in [-0.39, 0.29) is 10.6 Å². The maximum Gasteiger partial charge on any atom is 0.292 e. The monoisotopic (exact) mass is 418 g/mol. The summed E-state index contributed by atoms with van der Waals surface area (Å²) < 4.78 is 0. The Hall–Kier alpha value is -1.58. The van der Waals surface area contributed by atoms with Gasteiger partial charge in [0.05, 0.1) is 4.92 Å². The van der Waals surface area contributed by atoms with Crippen molar-refractivity contribution >= 4 is 11.4 Å². The van der Waals surface area contributed by atoms with E-state index in [0.717, 1.165) is 24.0 Å². The zero-order chi connectivity index (χ0) is 22.0. The molecule has 0 spiro atoms. The lowest BCUT2D eigenvalue weighted by molar-refractivity contribution is -0.384. The quantitative estimate of drug-likeness (QED) is 0.139. The van der Waals surface area contributed by atoms with Crippen LogP contribution in [-0.2, 0) is 6.42 Å². The molecule has 4 heteroatoms. The average molecular weight is 419 g/mol. The van der Waals surface area contributed by atoms with Crippen LogP contribution >= 0.6 is 0 Å². The van der Waals surface area contributed by atoms with Crippen LogP contribution in [0, 0.1) is 17.0 Å². The van der Waals surface area contributed by atoms with Gasteiger partial charge in [0.25, 0.3) is 5.69 Å². The topological polar surface area (TPSA) is 55.2 Å². The van der Waals surface area contributed by atoms with Gasteiger partial charge in [-0.25, -0.2) is 0 Å². The van der Waals surface area contributed by atoms with Crippen LogP contribution in [0.5, 0.6) is 0 Å². The number of hydrogen-bond acceptors (Lipinski definition) is 3. The van der Waals surface area contributed by atoms with Gasteiger partial charge in [0.15, 0.2) is 0 Å². The number of unbranched alkanes of at least 4 members (excludes halogenated alkanes) is 15. The average Bonchev–Trinajstić information content (AvgIpc) is 2.73. The van der Waals surface area contributed by atoms with Crippen LogP contribution in [0.3, 0.4) is 0 Å². The van der Waals surface area contributed by atoms with E-state index in [2.05, 4.69) is 12.2 Å². The number of nitro benzene ring substituents is 1. The van der Waals surface area contributed by atoms with E-state index < -0.39 is 0 Å². The third-order valence-electron chi connectivity index (χ3n) is 6.22. The predicted molar refractivity (Wildman–Crippen MR) is 131 cm³/mol. The molecule has 0 aliphatic rings. The summed E-state index contributed by atoms with van der Waals surface area (Å²) in [5, 5.41) is 14.2. The van der Waals surface area contributed by atoms with Gasteiger partial charge in [-0.1, -0.05) is 103 Å². The maximum absolute atomic E-state index is 11.2. The van der Waals surface area contributed by atoms with Crippen molar-refractivity contribution < 1.29 is 4.92 Å². The highest BCUT2D eigenvalue weighted by atomic mass is 16.6. The molecule has 0 saturated carbocycles. The molecule has 30 heavy (non-hydrogen) atoms. The van der Waals surface area contributed by atoms with Crippen LogP contribution in [0.2, 0.25) is 0 Å². The molecule has 0 bridgehead atoms. The molecule has 1 aromatic carbocycles. The lowest BCUT2D eigenvalue weighted by Gasteiger charge is -2.09. The van der Waals surface area contributed by atoms with Gasteiger partial charge in [0.1, 0.15) is 5.69 Å². The molecule has 0 heterocycles. The Morgan fingerprint density at radius 3 is 1.60 bits per heavy atom. The fourth-order valence-corrected chi connectivity index (χ4v) is 4.22. The number of rotatable bonds is 19. The van der Waals surface area contributed by atoms with Crippen molar-refractivity contribution in [1.29, 1.82) is 0 Å². The minimum Gasteiger partial charge on any atom is -0.383 e. The minimum absolute atomic E-state index is 0.189. The van der Waals surface area contributed by atoms with E-state index in [9.17, 15) is 10.1 Å². The molecule has 0 radical (unpaired) electrons. The smallest absolute Gasteiger partial charge is 0.292 e. The van der Waals surface area contributed by atoms with Crippen molar-refractivity contribution in [2.45, 2.75) is 123 Å². The Morgan fingerprint density at radius 2 is 1.20 bits per heavy atom. The zero-order valence-corrected chi connectivity index (χ0v) is 19.9. The zero-order valence-electron chi connectivity index (χ0n) is 19.9. The van der Waals surface area contributed by atoms with Gasteiger partial charge < -0.3 is 5.32 Å². The third-order valence-corrected chi connectivity index (χ3v) is 6.22. The van der Waals surface area contributed by atoms with Gasteiger partial charge in [-0.2, -0.15) is 0 Å². The van der Waals surface area contributed by atoms with E-state index in [1.54, 1.807) is 13.1 Å². The first kappa shape index (κ1) is 26.5. The summed E-state index contributed by atoms with van der Waals surface area (Å²) in [6, 6.07) is 3.66. The molecule has 1 aromatic rings. The minimum atomic E-state index is -0.289. The number of hydrogen-bond donors (Lipinski definition) is 1. The highest BCUT2D eigenvalue weighted by molar-refractivity contribution is 5.64. The fourth-order valence-electron chi connectivity index (χ4n) is 4.22. The normalized spacial score (nSPS) is 11.0. The Labute approximate surface area is 185 Å². The predicted octanol–water partition coefficient (Wildman–Crippen LogP) is 8.75. The molecule has 1 N–H and O–H groups in total. The summed E-state index contributed by atoms with van der Waals surface area (Å²) in [5.74, 6) is 0. The molecular formula is C26H46N2O2. The van der Waals surface area contributed by atoms with Crippen LogP contribution < -0.4 is 5.32 Å². The van der Waals surface area contributed by atoms with Crippen molar-refractivity contribution in [3.63, 3.8) is 0 Å². The lowest BCUT2D eigenvalue weighted by Crippen LogP contribution is -2.00. The highest BCUT2D eigenvalue weighted by Crippen LogP contribution is 2.28. The van der Waals surface area contributed by atoms with Gasteiger partial charge in [-0.3, -0.25) is 10.1 Å². The Balaban J connectivity index is 2.00. The van der Waals surface area contributed by atoms with Crippen LogP contribution in [0.4, 0.5) is 11.4 Å². The highest BCUT2D eigenvalue weighted by Gasteiger charge is 2.15. The fraction of sp³-hybridized carbons (Fsp3) is 0.769. The van der Waals surface area contributed by atoms with Crippen molar-refractivity contribution in [2.24, 2.45) is 0 Å². The number of nitrogens with zero attached hydrogens (tertiary/aromatic N) is 1. The Bertz CT molecular complexity index is 587. The molecule has 0 fully saturated rings. The number of anilines is 1. The van der Waals surface area contributed by atoms with Gasteiger partial charge in [-0.15, -0.1) is 0 Å². The second kappa shape index (κ2) is 17.1. The van der Waals surface area contributed by atoms with Crippen LogP contribution in [0.15, 0.2) is 12.1 Å². The van der Waals surface area contributed by atoms with Gasteiger partial charge in [0, 0.05) is 13.1 Å². The molecule has 0 saturated heterocycles. The molecule has 0 aliphatic heterocycles. The third kappa shape index (κ3) is 11.6. The largest absolute Gasteiger partial charge is 0.383 e. The van der Waals surface area contributed by atoms with E-state index >= 15 is 0 Å². The van der Waals surface area contributed by atoms with E-state index in [0.29, 0.717) is 5.69 Å². The lowest BCUT2D eigenvalue weighted by atomic mass is 9.99. The Kier molecular flexibility index (Phi) is 15.1. The summed E-state index contributed by atoms with van der Waals surface area (Å²) >= 11 is 0. The molecule has 0 atom stereocenters. The maximum atomic E-state index is 11.2. The molecule has 0 unspecified atom stereocenters. The molecular weight excluding hydrogens is 372 g/mol. The van der Waals surface area contributed by atoms with Crippen molar-refractivity contribution in [3.05, 3.63) is 33.4 Å². The van der Waals surface area contributed by atoms with E-state index in [1.807, 2.05) is 13.0 Å². The first-order chi connectivity index (χ1) is 14.6. The summed E-state index contributed by atoms with van der Waals surface area (Å²) in [6.45, 7) is 4.33. The van der Waals surface area contributed by atoms with Gasteiger partial charge in [-0.05, 0) is 37.0 Å². The van der Waals surface area contributed by atoms with Crippen LogP contribution in [0.25, 0.3) is 0 Å². The summed E-state index contributed by atoms with van der Waals surface area (Å²) in [6.07, 6.45) is 22.8. The second-order valence-electron chi connectivity index (χ2n) is 8.86. The summed E-state index contributed by atoms with van der Waals surface area (Å²) in [5.41, 5.74) is 3.06. The molecule has 0 aromatic heterocycles. The number of nitrogens with one attached hydrogen (secondary N) is 1. The molecule has 172 valence electrons. The number of nitro groups is 1. The second-order valence-corrected chi connectivity index (χ2v) is 8.86. The standard InChI is InChI=1S/C26H46N2O2/c1-4-5-6-7-8-9-10-11-12-13-14-15-16-17-18-19-20-24-22-26(28(29)30)25(27-3)21-23(24)2/h21-22,27H,4-20H2,1-3H3. The van der Waals surface area contributed by atoms with E-state index in [4.69, 9.17) is 0 Å². The SMILES string of the molecule is CCCCCCCCCCCCCCCCCCc1cc([N+](=O)[O-])c(NC)cc1C. The first-order valence-corrected chi connectivity index (χ1v) is 12.6. The number of benzene rings is 1. The molecule has 0 amide bonds. The summed E-state index contributed by atoms with van der Waals surface area (Å²) in [7, 11) is 1.73. The molecule has 0 aliphatic carbocycles. The Morgan fingerprint density at radius 1 is 0.767 bits per heavy atom. The molecule has 1 rings (SSSR count). The van der Waals surface area contributed by atoms with Crippen LogP contribution in [-0.4, -0.2) is 12.0 Å². The first-order valence-electron chi connectivity index (χ1n) is 12.6. The van der Waals surface area contributed by atoms with Gasteiger partial charge >= 0.3 is 0 Å². The number of aryl methyl sites for hydroxylation is 2.